The van der Waals surface area contributed by atoms with Crippen molar-refractivity contribution in [3.05, 3.63) is 90.0 Å². The molecular weight excluding hydrogens is 563 g/mol. The molecule has 0 amide bonds. The summed E-state index contributed by atoms with van der Waals surface area (Å²) in [5.74, 6) is 0.772. The van der Waals surface area contributed by atoms with E-state index in [4.69, 9.17) is 17.0 Å². The van der Waals surface area contributed by atoms with Crippen LogP contribution in [-0.4, -0.2) is 26.5 Å². The molecule has 4 rings (SSSR count). The molecule has 7 heteroatoms. The second kappa shape index (κ2) is 12.0. The second-order valence-electron chi connectivity index (χ2n) is 5.66. The molecule has 4 aromatic rings. The summed E-state index contributed by atoms with van der Waals surface area (Å²) in [5, 5.41) is 0. The van der Waals surface area contributed by atoms with Gasteiger partial charge in [-0.2, -0.15) is 0 Å². The van der Waals surface area contributed by atoms with Crippen molar-refractivity contribution >= 4 is 12.2 Å². The standard InChI is InChI=1S/C17H15N3O.C5H5NS.Pt/c1-2-21-13-11-16(14-7-3-5-9-18-14)20-17(12-13)15-8-4-6-10-19-15;7-5-3-1-2-4-6-5;/h3-12H,2H2,1H3;1-4H,(H,6,7);/q;;+4. The molecule has 0 fully saturated rings. The van der Waals surface area contributed by atoms with Gasteiger partial charge in [-0.15, -0.1) is 0 Å². The molecule has 0 aliphatic rings. The molecule has 0 unspecified atom stereocenters. The maximum absolute atomic E-state index is 5.63. The molecule has 5 nitrogen and oxygen atoms in total. The van der Waals surface area contributed by atoms with Crippen LogP contribution in [-0.2, 0) is 21.1 Å². The van der Waals surface area contributed by atoms with Crippen LogP contribution in [0.25, 0.3) is 22.8 Å². The number of H-pyrrole nitrogens is 1. The maximum Gasteiger partial charge on any atom is 4.00 e. The molecule has 0 bridgehead atoms. The summed E-state index contributed by atoms with van der Waals surface area (Å²) < 4.78 is 6.41. The van der Waals surface area contributed by atoms with Crippen molar-refractivity contribution in [1.82, 2.24) is 19.9 Å². The summed E-state index contributed by atoms with van der Waals surface area (Å²) in [7, 11) is 0. The first-order chi connectivity index (χ1) is 13.8. The molecule has 0 aliphatic carbocycles. The number of hydrogen-bond donors (Lipinski definition) is 1. The molecule has 0 spiro atoms. The Kier molecular flexibility index (Phi) is 9.35. The van der Waals surface area contributed by atoms with Crippen LogP contribution < -0.4 is 4.74 Å². The SMILES string of the molecule is CCOc1cc(-c2ccccn2)nc(-c2ccccn2)c1.S=c1cccc[nH]1.[Pt+4]. The summed E-state index contributed by atoms with van der Waals surface area (Å²) in [6.45, 7) is 2.56. The molecule has 0 atom stereocenters. The van der Waals surface area contributed by atoms with Gasteiger partial charge in [-0.25, -0.2) is 4.98 Å². The molecule has 0 aliphatic heterocycles. The van der Waals surface area contributed by atoms with E-state index in [0.29, 0.717) is 6.61 Å². The van der Waals surface area contributed by atoms with Crippen molar-refractivity contribution in [2.75, 3.05) is 6.61 Å². The molecule has 146 valence electrons. The van der Waals surface area contributed by atoms with E-state index in [2.05, 4.69) is 19.9 Å². The minimum atomic E-state index is 0. The summed E-state index contributed by atoms with van der Waals surface area (Å²) in [6, 6.07) is 21.0. The number of rotatable bonds is 4. The minimum Gasteiger partial charge on any atom is -0.494 e. The van der Waals surface area contributed by atoms with Crippen molar-refractivity contribution < 1.29 is 25.8 Å². The van der Waals surface area contributed by atoms with Gasteiger partial charge >= 0.3 is 21.1 Å². The first-order valence-electron chi connectivity index (χ1n) is 8.87. The van der Waals surface area contributed by atoms with Crippen LogP contribution in [0.2, 0.25) is 0 Å². The molecular formula is C22H20N4OPtS+4. The molecule has 29 heavy (non-hydrogen) atoms. The van der Waals surface area contributed by atoms with Gasteiger partial charge in [-0.05, 0) is 43.3 Å². The second-order valence-corrected chi connectivity index (χ2v) is 6.10. The van der Waals surface area contributed by atoms with Crippen molar-refractivity contribution in [1.29, 1.82) is 0 Å². The summed E-state index contributed by atoms with van der Waals surface area (Å²) >= 11 is 4.76. The van der Waals surface area contributed by atoms with E-state index in [1.54, 1.807) is 12.4 Å². The Balaban J connectivity index is 0.000000319. The van der Waals surface area contributed by atoms with Crippen LogP contribution >= 0.6 is 12.2 Å². The van der Waals surface area contributed by atoms with E-state index >= 15 is 0 Å². The van der Waals surface area contributed by atoms with E-state index < -0.39 is 0 Å². The van der Waals surface area contributed by atoms with E-state index in [0.717, 1.165) is 33.2 Å². The Morgan fingerprint density at radius 3 is 1.79 bits per heavy atom. The number of aromatic nitrogens is 4. The molecule has 4 aromatic heterocycles. The molecule has 4 heterocycles. The Labute approximate surface area is 189 Å². The fourth-order valence-electron chi connectivity index (χ4n) is 2.42. The minimum absolute atomic E-state index is 0. The number of nitrogens with zero attached hydrogens (tertiary/aromatic N) is 3. The molecule has 1 N–H and O–H groups in total. The first-order valence-corrected chi connectivity index (χ1v) is 9.28. The van der Waals surface area contributed by atoms with Crippen LogP contribution in [0.5, 0.6) is 5.75 Å². The van der Waals surface area contributed by atoms with E-state index in [1.165, 1.54) is 0 Å². The molecule has 0 saturated carbocycles. The van der Waals surface area contributed by atoms with Gasteiger partial charge in [0.25, 0.3) is 0 Å². The fourth-order valence-corrected chi connectivity index (χ4v) is 2.57. The normalized spacial score (nSPS) is 9.55. The number of pyridine rings is 4. The summed E-state index contributed by atoms with van der Waals surface area (Å²) in [5.41, 5.74) is 3.19. The van der Waals surface area contributed by atoms with Crippen molar-refractivity contribution in [2.45, 2.75) is 6.92 Å². The van der Waals surface area contributed by atoms with Crippen LogP contribution in [0.1, 0.15) is 6.92 Å². The molecule has 0 aromatic carbocycles. The largest absolute Gasteiger partial charge is 4.00 e. The number of hydrogen-bond acceptors (Lipinski definition) is 5. The van der Waals surface area contributed by atoms with Gasteiger partial charge in [0, 0.05) is 30.7 Å². The van der Waals surface area contributed by atoms with Gasteiger partial charge in [0.15, 0.2) is 0 Å². The average molecular weight is 584 g/mol. The van der Waals surface area contributed by atoms with Gasteiger partial charge in [0.05, 0.1) is 29.4 Å². The van der Waals surface area contributed by atoms with Crippen LogP contribution in [0.3, 0.4) is 0 Å². The fraction of sp³-hybridized carbons (Fsp3) is 0.0909. The predicted octanol–water partition coefficient (Wildman–Crippen LogP) is 5.35. The third-order valence-electron chi connectivity index (χ3n) is 3.65. The third kappa shape index (κ3) is 7.00. The van der Waals surface area contributed by atoms with Crippen LogP contribution in [0.15, 0.2) is 85.3 Å². The number of nitrogens with one attached hydrogen (secondary N) is 1. The summed E-state index contributed by atoms with van der Waals surface area (Å²) in [6.07, 6.45) is 5.32. The zero-order valence-electron chi connectivity index (χ0n) is 15.8. The first kappa shape index (κ1) is 22.6. The Hall–Kier alpha value is -2.69. The quantitative estimate of drug-likeness (QED) is 0.329. The average Bonchev–Trinajstić information content (AvgIpc) is 2.76. The number of ether oxygens (including phenoxy) is 1. The van der Waals surface area contributed by atoms with Crippen LogP contribution in [0, 0.1) is 4.64 Å². The summed E-state index contributed by atoms with van der Waals surface area (Å²) in [4.78, 5) is 16.2. The zero-order valence-corrected chi connectivity index (χ0v) is 18.9. The van der Waals surface area contributed by atoms with E-state index in [9.17, 15) is 0 Å². The van der Waals surface area contributed by atoms with Gasteiger partial charge in [-0.3, -0.25) is 9.97 Å². The van der Waals surface area contributed by atoms with Crippen molar-refractivity contribution in [2.24, 2.45) is 0 Å². The monoisotopic (exact) mass is 583 g/mol. The third-order valence-corrected chi connectivity index (χ3v) is 3.90. The van der Waals surface area contributed by atoms with Crippen molar-refractivity contribution in [3.63, 3.8) is 0 Å². The smallest absolute Gasteiger partial charge is 0.494 e. The molecule has 0 radical (unpaired) electrons. The zero-order chi connectivity index (χ0) is 19.6. The Morgan fingerprint density at radius 1 is 0.828 bits per heavy atom. The van der Waals surface area contributed by atoms with Crippen LogP contribution in [0.4, 0.5) is 0 Å². The Bertz CT molecular complexity index is 984. The maximum atomic E-state index is 5.63. The predicted molar refractivity (Wildman–Crippen MR) is 113 cm³/mol. The van der Waals surface area contributed by atoms with E-state index in [-0.39, 0.29) is 21.1 Å². The van der Waals surface area contributed by atoms with E-state index in [1.807, 2.05) is 79.9 Å². The Morgan fingerprint density at radius 2 is 1.41 bits per heavy atom. The molecule has 0 saturated heterocycles. The number of aromatic amines is 1. The van der Waals surface area contributed by atoms with Gasteiger partial charge in [-0.1, -0.05) is 30.4 Å². The van der Waals surface area contributed by atoms with Gasteiger partial charge in [0.1, 0.15) is 10.4 Å². The topological polar surface area (TPSA) is 63.7 Å². The van der Waals surface area contributed by atoms with Crippen molar-refractivity contribution in [3.8, 4) is 28.5 Å². The van der Waals surface area contributed by atoms with Gasteiger partial charge < -0.3 is 9.72 Å². The van der Waals surface area contributed by atoms with Gasteiger partial charge in [0.2, 0.25) is 0 Å².